The van der Waals surface area contributed by atoms with Crippen LogP contribution in [0, 0.1) is 35.5 Å². The van der Waals surface area contributed by atoms with Gasteiger partial charge in [0.2, 0.25) is 0 Å². The van der Waals surface area contributed by atoms with Crippen molar-refractivity contribution in [3.63, 3.8) is 0 Å². The van der Waals surface area contributed by atoms with Gasteiger partial charge in [-0.1, -0.05) is 35.8 Å². The van der Waals surface area contributed by atoms with Crippen LogP contribution in [-0.2, 0) is 75.8 Å². The number of hydrogen-bond donors (Lipinski definition) is 0. The summed E-state index contributed by atoms with van der Waals surface area (Å²) < 4.78 is 105. The first-order valence-electron chi connectivity index (χ1n) is 28.6. The summed E-state index contributed by atoms with van der Waals surface area (Å²) in [7, 11) is 6.57. The number of hydrogen-bond acceptors (Lipinski definition) is 20. The maximum absolute atomic E-state index is 7.13. The Morgan fingerprint density at radius 1 is 0.274 bits per heavy atom. The minimum absolute atomic E-state index is 0.193. The Morgan fingerprint density at radius 3 is 0.798 bits per heavy atom. The summed E-state index contributed by atoms with van der Waals surface area (Å²) in [5.74, 6) is 13.9. The van der Waals surface area contributed by atoms with Gasteiger partial charge in [0, 0.05) is 98.1 Å². The fourth-order valence-electron chi connectivity index (χ4n) is 7.80. The van der Waals surface area contributed by atoms with Crippen LogP contribution < -0.4 is 9.47 Å². The highest BCUT2D eigenvalue weighted by atomic mass is 16.6. The predicted molar refractivity (Wildman–Crippen MR) is 317 cm³/mol. The molecule has 0 aliphatic heterocycles. The van der Waals surface area contributed by atoms with Crippen molar-refractivity contribution in [3.05, 3.63) is 108 Å². The lowest BCUT2D eigenvalue weighted by Gasteiger charge is -2.24. The van der Waals surface area contributed by atoms with Crippen molar-refractivity contribution in [2.75, 3.05) is 227 Å². The molecule has 3 aromatic carbocycles. The van der Waals surface area contributed by atoms with Crippen LogP contribution >= 0.6 is 0 Å². The molecule has 5 aromatic rings. The summed E-state index contributed by atoms with van der Waals surface area (Å²) in [5, 5.41) is 3.46. The molecule has 0 radical (unpaired) electrons. The summed E-state index contributed by atoms with van der Waals surface area (Å²) in [4.78, 5) is 8.34. The first-order chi connectivity index (χ1) is 41.6. The average Bonchev–Trinajstić information content (AvgIpc) is 1.10. The van der Waals surface area contributed by atoms with Gasteiger partial charge in [-0.15, -0.1) is 0 Å². The van der Waals surface area contributed by atoms with E-state index in [1.807, 2.05) is 48.5 Å². The molecular formula is C64H88N2O18. The summed E-state index contributed by atoms with van der Waals surface area (Å²) >= 11 is 0. The van der Waals surface area contributed by atoms with Gasteiger partial charge in [-0.3, -0.25) is 9.97 Å². The van der Waals surface area contributed by atoms with Gasteiger partial charge >= 0.3 is 0 Å². The summed E-state index contributed by atoms with van der Waals surface area (Å²) in [6.45, 7) is 12.3. The van der Waals surface area contributed by atoms with Crippen molar-refractivity contribution in [1.82, 2.24) is 9.97 Å². The number of fused-ring (bicyclic) bond motifs is 3. The maximum Gasteiger partial charge on any atom is 0.169 e. The highest BCUT2D eigenvalue weighted by molar-refractivity contribution is 6.14. The first kappa shape index (κ1) is 69.3. The van der Waals surface area contributed by atoms with E-state index in [0.717, 1.165) is 43.8 Å². The van der Waals surface area contributed by atoms with Crippen LogP contribution in [0.25, 0.3) is 21.5 Å². The molecule has 0 fully saturated rings. The molecular weight excluding hydrogens is 1080 g/mol. The molecule has 0 bridgehead atoms. The molecule has 0 saturated carbocycles. The van der Waals surface area contributed by atoms with Crippen LogP contribution in [-0.4, -0.2) is 237 Å². The van der Waals surface area contributed by atoms with E-state index in [2.05, 4.69) is 45.8 Å². The van der Waals surface area contributed by atoms with Crippen molar-refractivity contribution in [3.8, 4) is 35.2 Å². The quantitative estimate of drug-likeness (QED) is 0.0237. The molecule has 0 aliphatic carbocycles. The standard InChI is InChI=1S/C64H88N2O18/c1-67-21-25-71-29-33-75-37-41-79-47-57(48-80-42-38-76-34-30-72-26-22-68-2)51-83-63-61-45-55(7-5-53-13-17-65-18-14-53)9-11-59(61)60-12-10-56(8-6-54-15-19-66-20-16-54)46-62(60)64(63)84-52-58(49-81-43-39-77-35-31-73-27-23-69-3)50-82-44-40-78-36-32-74-28-24-70-4/h9-20,45-46,57-58H,21-44,47-52H2,1-4H3. The lowest BCUT2D eigenvalue weighted by atomic mass is 9.96. The molecule has 2 aromatic heterocycles. The fraction of sp³-hybridized carbons (Fsp3) is 0.562. The monoisotopic (exact) mass is 1170 g/mol. The second-order valence-electron chi connectivity index (χ2n) is 18.7. The molecule has 5 rings (SSSR count). The zero-order valence-corrected chi connectivity index (χ0v) is 49.7. The molecule has 0 unspecified atom stereocenters. The third-order valence-corrected chi connectivity index (χ3v) is 12.1. The molecule has 0 amide bonds. The van der Waals surface area contributed by atoms with Crippen LogP contribution in [0.2, 0.25) is 0 Å². The van der Waals surface area contributed by atoms with Gasteiger partial charge in [-0.25, -0.2) is 0 Å². The molecule has 20 nitrogen and oxygen atoms in total. The maximum atomic E-state index is 7.13. The first-order valence-corrected chi connectivity index (χ1v) is 28.6. The number of aromatic nitrogens is 2. The average molecular weight is 1170 g/mol. The van der Waals surface area contributed by atoms with Crippen LogP contribution in [0.3, 0.4) is 0 Å². The second kappa shape index (κ2) is 46.8. The number of nitrogens with zero attached hydrogens (tertiary/aromatic N) is 2. The van der Waals surface area contributed by atoms with Crippen molar-refractivity contribution < 1.29 is 85.3 Å². The Bertz CT molecular complexity index is 2350. The van der Waals surface area contributed by atoms with Crippen LogP contribution in [0.15, 0.2) is 85.5 Å². The van der Waals surface area contributed by atoms with E-state index < -0.39 is 0 Å². The van der Waals surface area contributed by atoms with E-state index in [-0.39, 0.29) is 25.0 Å². The third kappa shape index (κ3) is 30.1. The Labute approximate surface area is 496 Å². The third-order valence-electron chi connectivity index (χ3n) is 12.1. The number of pyridine rings is 2. The molecule has 0 N–H and O–H groups in total. The zero-order valence-electron chi connectivity index (χ0n) is 49.7. The van der Waals surface area contributed by atoms with Crippen molar-refractivity contribution >= 4 is 21.5 Å². The molecule has 20 heteroatoms. The molecule has 0 atom stereocenters. The molecule has 0 aliphatic rings. The smallest absolute Gasteiger partial charge is 0.169 e. The SMILES string of the molecule is COCCOCCOCCOCC(COCCOCCOCCOC)COc1c(OCC(COCCOCCOCCOC)COCCOCCOCCOC)c2cc(C#Cc3ccncc3)ccc2c2ccc(C#Cc3ccncc3)cc12. The summed E-state index contributed by atoms with van der Waals surface area (Å²) in [6.07, 6.45) is 6.90. The summed E-state index contributed by atoms with van der Waals surface area (Å²) in [5.41, 5.74) is 3.22. The van der Waals surface area contributed by atoms with Crippen LogP contribution in [0.1, 0.15) is 22.3 Å². The highest BCUT2D eigenvalue weighted by Crippen LogP contribution is 2.45. The van der Waals surface area contributed by atoms with Gasteiger partial charge in [0.25, 0.3) is 0 Å². The minimum atomic E-state index is -0.238. The highest BCUT2D eigenvalue weighted by Gasteiger charge is 2.23. The van der Waals surface area contributed by atoms with Gasteiger partial charge in [-0.05, 0) is 59.3 Å². The molecule has 0 saturated heterocycles. The van der Waals surface area contributed by atoms with Crippen molar-refractivity contribution in [2.45, 2.75) is 0 Å². The van der Waals surface area contributed by atoms with Gasteiger partial charge in [-0.2, -0.15) is 0 Å². The van der Waals surface area contributed by atoms with Gasteiger partial charge in [0.05, 0.1) is 198 Å². The van der Waals surface area contributed by atoms with Gasteiger partial charge < -0.3 is 85.3 Å². The minimum Gasteiger partial charge on any atom is -0.489 e. The van der Waals surface area contributed by atoms with E-state index in [1.54, 1.807) is 53.2 Å². The largest absolute Gasteiger partial charge is 0.489 e. The molecule has 2 heterocycles. The topological polar surface area (TPSA) is 192 Å². The number of methoxy groups -OCH3 is 4. The molecule has 0 spiro atoms. The zero-order chi connectivity index (χ0) is 59.0. The number of benzene rings is 3. The molecule has 84 heavy (non-hydrogen) atoms. The van der Waals surface area contributed by atoms with E-state index in [1.165, 1.54) is 0 Å². The van der Waals surface area contributed by atoms with E-state index in [4.69, 9.17) is 85.3 Å². The second-order valence-corrected chi connectivity index (χ2v) is 18.7. The Hall–Kier alpha value is -5.44. The Kier molecular flexibility index (Phi) is 38.6. The van der Waals surface area contributed by atoms with Crippen LogP contribution in [0.5, 0.6) is 11.5 Å². The fourth-order valence-corrected chi connectivity index (χ4v) is 7.80. The van der Waals surface area contributed by atoms with Gasteiger partial charge in [0.1, 0.15) is 0 Å². The number of ether oxygens (including phenoxy) is 18. The molecule has 462 valence electrons. The van der Waals surface area contributed by atoms with Crippen LogP contribution in [0.4, 0.5) is 0 Å². The normalized spacial score (nSPS) is 11.4. The lowest BCUT2D eigenvalue weighted by molar-refractivity contribution is -0.0290. The van der Waals surface area contributed by atoms with E-state index in [9.17, 15) is 0 Å². The van der Waals surface area contributed by atoms with Gasteiger partial charge in [0.15, 0.2) is 11.5 Å². The van der Waals surface area contributed by atoms with E-state index in [0.29, 0.717) is 196 Å². The lowest BCUT2D eigenvalue weighted by Crippen LogP contribution is -2.26. The van der Waals surface area contributed by atoms with E-state index >= 15 is 0 Å². The Balaban J connectivity index is 1.47. The van der Waals surface area contributed by atoms with Crippen molar-refractivity contribution in [2.24, 2.45) is 11.8 Å². The summed E-state index contributed by atoms with van der Waals surface area (Å²) in [6, 6.07) is 19.8. The predicted octanol–water partition coefficient (Wildman–Crippen LogP) is 6.36. The van der Waals surface area contributed by atoms with Crippen molar-refractivity contribution in [1.29, 1.82) is 0 Å². The Morgan fingerprint density at radius 2 is 0.524 bits per heavy atom. The number of rotatable bonds is 50.